The van der Waals surface area contributed by atoms with E-state index in [4.69, 9.17) is 9.16 Å². The summed E-state index contributed by atoms with van der Waals surface area (Å²) in [5.74, 6) is 0. The third kappa shape index (κ3) is 18.0. The average Bonchev–Trinajstić information content (AvgIpc) is 2.71. The van der Waals surface area contributed by atoms with Crippen LogP contribution in [0, 0.1) is 0 Å². The van der Waals surface area contributed by atoms with Crippen molar-refractivity contribution in [3.63, 3.8) is 0 Å². The van der Waals surface area contributed by atoms with Crippen molar-refractivity contribution in [3.05, 3.63) is 12.2 Å². The molecule has 0 fully saturated rings. The van der Waals surface area contributed by atoms with Crippen molar-refractivity contribution in [2.24, 2.45) is 0 Å². The van der Waals surface area contributed by atoms with Crippen molar-refractivity contribution in [1.29, 1.82) is 0 Å². The van der Waals surface area contributed by atoms with Gasteiger partial charge in [-0.25, -0.2) is 0 Å². The van der Waals surface area contributed by atoms with Gasteiger partial charge in [-0.1, -0.05) is 117 Å². The summed E-state index contributed by atoms with van der Waals surface area (Å²) < 4.78 is 11.9. The Morgan fingerprint density at radius 2 is 1.26 bits per heavy atom. The molecule has 0 aliphatic heterocycles. The van der Waals surface area contributed by atoms with E-state index in [1.54, 1.807) is 0 Å². The predicted molar refractivity (Wildman–Crippen MR) is 139 cm³/mol. The first kappa shape index (κ1) is 30.8. The first-order chi connectivity index (χ1) is 14.7. The van der Waals surface area contributed by atoms with Crippen LogP contribution in [0.1, 0.15) is 118 Å². The van der Waals surface area contributed by atoms with Gasteiger partial charge in [0.15, 0.2) is 8.32 Å². The first-order valence-corrected chi connectivity index (χ1v) is 16.2. The molecule has 0 aromatic carbocycles. The Balaban J connectivity index is 3.51. The van der Waals surface area contributed by atoms with Crippen LogP contribution >= 0.6 is 0 Å². The summed E-state index contributed by atoms with van der Waals surface area (Å²) in [7, 11) is -1.86. The van der Waals surface area contributed by atoms with E-state index in [2.05, 4.69) is 52.9 Å². The summed E-state index contributed by atoms with van der Waals surface area (Å²) in [4.78, 5) is 0. The van der Waals surface area contributed by atoms with Crippen LogP contribution < -0.4 is 0 Å². The molecule has 1 atom stereocenters. The van der Waals surface area contributed by atoms with Gasteiger partial charge < -0.3 is 14.3 Å². The molecule has 0 aromatic rings. The minimum atomic E-state index is -1.86. The van der Waals surface area contributed by atoms with E-state index in [1.165, 1.54) is 83.5 Å². The van der Waals surface area contributed by atoms with Gasteiger partial charge in [0.05, 0.1) is 25.9 Å². The SMILES string of the molecule is CCCCCCCCCCCCCCC/C=C/COC[C@H](CO)O[Si](C)(C)C(C)(C)C. The fraction of sp³-hybridized carbons (Fsp3) is 0.926. The molecule has 3 nitrogen and oxygen atoms in total. The molecule has 0 aromatic heterocycles. The van der Waals surface area contributed by atoms with Gasteiger partial charge in [0.25, 0.3) is 0 Å². The largest absolute Gasteiger partial charge is 0.409 e. The Morgan fingerprint density at radius 3 is 1.71 bits per heavy atom. The van der Waals surface area contributed by atoms with Gasteiger partial charge in [0.1, 0.15) is 0 Å². The van der Waals surface area contributed by atoms with E-state index < -0.39 is 8.32 Å². The van der Waals surface area contributed by atoms with Crippen molar-refractivity contribution in [3.8, 4) is 0 Å². The van der Waals surface area contributed by atoms with E-state index in [9.17, 15) is 5.11 Å². The van der Waals surface area contributed by atoms with Gasteiger partial charge in [-0.3, -0.25) is 0 Å². The molecule has 31 heavy (non-hydrogen) atoms. The van der Waals surface area contributed by atoms with Gasteiger partial charge in [-0.15, -0.1) is 0 Å². The van der Waals surface area contributed by atoms with Gasteiger partial charge in [-0.2, -0.15) is 0 Å². The van der Waals surface area contributed by atoms with Gasteiger partial charge in [-0.05, 0) is 31.0 Å². The molecule has 0 unspecified atom stereocenters. The number of rotatable bonds is 21. The van der Waals surface area contributed by atoms with Gasteiger partial charge in [0, 0.05) is 0 Å². The molecule has 0 heterocycles. The highest BCUT2D eigenvalue weighted by Gasteiger charge is 2.39. The monoisotopic (exact) mass is 456 g/mol. The molecule has 0 aliphatic carbocycles. The minimum absolute atomic E-state index is 0.0230. The maximum Gasteiger partial charge on any atom is 0.192 e. The minimum Gasteiger partial charge on any atom is -0.409 e. The number of unbranched alkanes of at least 4 members (excludes halogenated alkanes) is 13. The summed E-state index contributed by atoms with van der Waals surface area (Å²) >= 11 is 0. The highest BCUT2D eigenvalue weighted by Crippen LogP contribution is 2.37. The third-order valence-corrected chi connectivity index (χ3v) is 11.2. The molecule has 0 rings (SSSR count). The Labute approximate surface area is 196 Å². The van der Waals surface area contributed by atoms with Crippen molar-refractivity contribution >= 4 is 8.32 Å². The molecule has 0 saturated carbocycles. The molecule has 0 radical (unpaired) electrons. The predicted octanol–water partition coefficient (Wildman–Crippen LogP) is 8.42. The molecule has 0 bridgehead atoms. The van der Waals surface area contributed by atoms with E-state index in [-0.39, 0.29) is 17.7 Å². The van der Waals surface area contributed by atoms with E-state index in [1.807, 2.05) is 0 Å². The molecule has 0 spiro atoms. The lowest BCUT2D eigenvalue weighted by atomic mass is 10.0. The summed E-state index contributed by atoms with van der Waals surface area (Å²) in [6.45, 7) is 14.5. The Kier molecular flexibility index (Phi) is 19.2. The molecule has 0 aliphatic rings. The zero-order valence-corrected chi connectivity index (χ0v) is 23.0. The molecular weight excluding hydrogens is 400 g/mol. The molecular formula is C27H56O3Si. The zero-order chi connectivity index (χ0) is 23.4. The number of allylic oxidation sites excluding steroid dienone is 1. The zero-order valence-electron chi connectivity index (χ0n) is 22.0. The molecule has 0 amide bonds. The number of ether oxygens (including phenoxy) is 1. The second-order valence-electron chi connectivity index (χ2n) is 10.7. The Morgan fingerprint density at radius 1 is 0.774 bits per heavy atom. The quantitative estimate of drug-likeness (QED) is 0.107. The van der Waals surface area contributed by atoms with Crippen LogP contribution in [0.25, 0.3) is 0 Å². The van der Waals surface area contributed by atoms with Crippen LogP contribution in [0.15, 0.2) is 12.2 Å². The van der Waals surface area contributed by atoms with Crippen molar-refractivity contribution in [2.75, 3.05) is 19.8 Å². The van der Waals surface area contributed by atoms with Crippen molar-refractivity contribution < 1.29 is 14.3 Å². The molecule has 0 saturated heterocycles. The number of hydrogen-bond acceptors (Lipinski definition) is 3. The Hall–Kier alpha value is -0.163. The smallest absolute Gasteiger partial charge is 0.192 e. The molecule has 1 N–H and O–H groups in total. The topological polar surface area (TPSA) is 38.7 Å². The van der Waals surface area contributed by atoms with Crippen molar-refractivity contribution in [1.82, 2.24) is 0 Å². The lowest BCUT2D eigenvalue weighted by Crippen LogP contribution is -2.46. The summed E-state index contributed by atoms with van der Waals surface area (Å²) in [6, 6.07) is 0. The number of aliphatic hydroxyl groups excluding tert-OH is 1. The highest BCUT2D eigenvalue weighted by atomic mass is 28.4. The van der Waals surface area contributed by atoms with Gasteiger partial charge >= 0.3 is 0 Å². The van der Waals surface area contributed by atoms with Crippen LogP contribution in [0.4, 0.5) is 0 Å². The Bertz CT molecular complexity index is 415. The lowest BCUT2D eigenvalue weighted by molar-refractivity contribution is 0.0219. The second-order valence-corrected chi connectivity index (χ2v) is 15.5. The summed E-state index contributed by atoms with van der Waals surface area (Å²) in [5, 5.41) is 9.74. The second kappa shape index (κ2) is 19.3. The van der Waals surface area contributed by atoms with E-state index in [0.29, 0.717) is 13.2 Å². The molecule has 186 valence electrons. The fourth-order valence-electron chi connectivity index (χ4n) is 3.45. The number of hydrogen-bond donors (Lipinski definition) is 1. The van der Waals surface area contributed by atoms with Crippen molar-refractivity contribution in [2.45, 2.75) is 142 Å². The fourth-order valence-corrected chi connectivity index (χ4v) is 4.78. The lowest BCUT2D eigenvalue weighted by Gasteiger charge is -2.38. The maximum absolute atomic E-state index is 9.60. The van der Waals surface area contributed by atoms with Crippen LogP contribution in [-0.4, -0.2) is 39.3 Å². The highest BCUT2D eigenvalue weighted by molar-refractivity contribution is 6.74. The normalized spacial score (nSPS) is 13.9. The van der Waals surface area contributed by atoms with Crippen LogP contribution in [0.3, 0.4) is 0 Å². The molecule has 4 heteroatoms. The maximum atomic E-state index is 9.60. The van der Waals surface area contributed by atoms with Crippen LogP contribution in [-0.2, 0) is 9.16 Å². The summed E-state index contributed by atoms with van der Waals surface area (Å²) in [6.07, 6.45) is 23.5. The third-order valence-electron chi connectivity index (χ3n) is 6.63. The van der Waals surface area contributed by atoms with Crippen LogP contribution in [0.2, 0.25) is 18.1 Å². The first-order valence-electron chi connectivity index (χ1n) is 13.3. The van der Waals surface area contributed by atoms with E-state index >= 15 is 0 Å². The average molecular weight is 457 g/mol. The standard InChI is InChI=1S/C27H56O3Si/c1-7-8-9-10-11-12-13-14-15-16-17-18-19-20-21-22-23-29-25-26(24-28)30-31(5,6)27(2,3)4/h21-22,26,28H,7-20,23-25H2,1-6H3/b22-21+/t26-/m0/s1. The van der Waals surface area contributed by atoms with Crippen LogP contribution in [0.5, 0.6) is 0 Å². The van der Waals surface area contributed by atoms with Gasteiger partial charge in [0.2, 0.25) is 0 Å². The summed E-state index contributed by atoms with van der Waals surface area (Å²) in [5.41, 5.74) is 0. The number of aliphatic hydroxyl groups is 1. The van der Waals surface area contributed by atoms with E-state index in [0.717, 1.165) is 6.42 Å².